The Balaban J connectivity index is 1.35. The van der Waals surface area contributed by atoms with E-state index >= 15 is 0 Å². The number of hydrogen-bond acceptors (Lipinski definition) is 6. The summed E-state index contributed by atoms with van der Waals surface area (Å²) < 4.78 is 0. The molecular formula is C25H19N5O2S. The molecule has 33 heavy (non-hydrogen) atoms. The van der Waals surface area contributed by atoms with Crippen LogP contribution < -0.4 is 16.2 Å². The summed E-state index contributed by atoms with van der Waals surface area (Å²) in [5.41, 5.74) is 3.53. The number of para-hydroxylation sites is 1. The molecule has 162 valence electrons. The van der Waals surface area contributed by atoms with Crippen molar-refractivity contribution in [3.05, 3.63) is 99.8 Å². The Morgan fingerprint density at radius 3 is 2.33 bits per heavy atom. The van der Waals surface area contributed by atoms with Crippen LogP contribution in [0, 0.1) is 6.92 Å². The van der Waals surface area contributed by atoms with E-state index in [1.165, 1.54) is 11.3 Å². The van der Waals surface area contributed by atoms with Gasteiger partial charge in [-0.3, -0.25) is 9.59 Å². The Morgan fingerprint density at radius 1 is 0.879 bits per heavy atom. The standard InChI is InChI=1S/C25H19N5O2S/c1-15-22(33-25(26-15)28-17-7-3-2-4-8-17)24(32)27-18-13-11-16(12-14-18)21-19-9-5-6-10-20(19)23(31)30-29-21/h2-14H,1H3,(H,26,28)(H,27,32)(H,30,31). The number of hydrogen-bond donors (Lipinski definition) is 3. The summed E-state index contributed by atoms with van der Waals surface area (Å²) in [5.74, 6) is -0.216. The lowest BCUT2D eigenvalue weighted by Gasteiger charge is -2.07. The molecule has 0 spiro atoms. The number of amides is 1. The Bertz CT molecular complexity index is 1510. The van der Waals surface area contributed by atoms with Crippen LogP contribution in [0.15, 0.2) is 83.7 Å². The van der Waals surface area contributed by atoms with Crippen molar-refractivity contribution < 1.29 is 4.79 Å². The average Bonchev–Trinajstić information content (AvgIpc) is 3.21. The molecule has 2 heterocycles. The van der Waals surface area contributed by atoms with Crippen molar-refractivity contribution in [2.75, 3.05) is 10.6 Å². The lowest BCUT2D eigenvalue weighted by Crippen LogP contribution is -2.11. The molecule has 0 fully saturated rings. The molecule has 3 N–H and O–H groups in total. The van der Waals surface area contributed by atoms with Crippen molar-refractivity contribution in [3.63, 3.8) is 0 Å². The van der Waals surface area contributed by atoms with Gasteiger partial charge in [0.1, 0.15) is 4.88 Å². The Labute approximate surface area is 193 Å². The van der Waals surface area contributed by atoms with Crippen molar-refractivity contribution in [1.29, 1.82) is 0 Å². The van der Waals surface area contributed by atoms with Crippen LogP contribution in [-0.4, -0.2) is 21.1 Å². The lowest BCUT2D eigenvalue weighted by molar-refractivity contribution is 0.103. The number of H-pyrrole nitrogens is 1. The Hall–Kier alpha value is -4.30. The number of thiazole rings is 1. The van der Waals surface area contributed by atoms with E-state index in [0.717, 1.165) is 16.6 Å². The Kier molecular flexibility index (Phi) is 5.42. The maximum atomic E-state index is 12.8. The molecule has 0 saturated carbocycles. The number of carbonyl (C=O) groups is 1. The fraction of sp³-hybridized carbons (Fsp3) is 0.0400. The number of fused-ring (bicyclic) bond motifs is 1. The van der Waals surface area contributed by atoms with Crippen molar-refractivity contribution in [2.24, 2.45) is 0 Å². The minimum atomic E-state index is -0.223. The van der Waals surface area contributed by atoms with Gasteiger partial charge in [0.15, 0.2) is 5.13 Å². The van der Waals surface area contributed by atoms with Gasteiger partial charge >= 0.3 is 0 Å². The molecule has 0 radical (unpaired) electrons. The smallest absolute Gasteiger partial charge is 0.272 e. The molecule has 0 bridgehead atoms. The summed E-state index contributed by atoms with van der Waals surface area (Å²) in [4.78, 5) is 29.9. The molecule has 0 aliphatic rings. The zero-order valence-corrected chi connectivity index (χ0v) is 18.4. The van der Waals surface area contributed by atoms with Crippen LogP contribution in [0.1, 0.15) is 15.4 Å². The number of anilines is 3. The third kappa shape index (κ3) is 4.24. The first-order valence-corrected chi connectivity index (χ1v) is 11.1. The van der Waals surface area contributed by atoms with Crippen LogP contribution in [0.4, 0.5) is 16.5 Å². The quantitative estimate of drug-likeness (QED) is 0.333. The molecule has 5 aromatic rings. The maximum absolute atomic E-state index is 12.8. The van der Waals surface area contributed by atoms with Crippen molar-refractivity contribution >= 4 is 44.5 Å². The molecule has 1 amide bonds. The highest BCUT2D eigenvalue weighted by atomic mass is 32.1. The van der Waals surface area contributed by atoms with Crippen LogP contribution in [-0.2, 0) is 0 Å². The normalized spacial score (nSPS) is 10.8. The maximum Gasteiger partial charge on any atom is 0.272 e. The van der Waals surface area contributed by atoms with E-state index in [0.29, 0.717) is 32.5 Å². The van der Waals surface area contributed by atoms with Gasteiger partial charge in [-0.1, -0.05) is 59.9 Å². The second-order valence-corrected chi connectivity index (χ2v) is 8.40. The number of rotatable bonds is 5. The van der Waals surface area contributed by atoms with Crippen molar-refractivity contribution in [3.8, 4) is 11.3 Å². The van der Waals surface area contributed by atoms with Gasteiger partial charge in [-0.05, 0) is 37.3 Å². The SMILES string of the molecule is Cc1nc(Nc2ccccc2)sc1C(=O)Nc1ccc(-c2n[nH]c(=O)c3ccccc23)cc1. The lowest BCUT2D eigenvalue weighted by atomic mass is 10.0. The molecule has 5 rings (SSSR count). The van der Waals surface area contributed by atoms with E-state index in [1.54, 1.807) is 6.07 Å². The fourth-order valence-corrected chi connectivity index (χ4v) is 4.42. The summed E-state index contributed by atoms with van der Waals surface area (Å²) in [6, 6.07) is 24.4. The highest BCUT2D eigenvalue weighted by Crippen LogP contribution is 2.28. The van der Waals surface area contributed by atoms with Gasteiger partial charge in [-0.15, -0.1) is 0 Å². The van der Waals surface area contributed by atoms with Gasteiger partial charge in [0, 0.05) is 22.3 Å². The first-order valence-electron chi connectivity index (χ1n) is 10.3. The molecule has 0 atom stereocenters. The average molecular weight is 454 g/mol. The first-order chi connectivity index (χ1) is 16.1. The van der Waals surface area contributed by atoms with E-state index in [1.807, 2.05) is 79.7 Å². The van der Waals surface area contributed by atoms with E-state index in [9.17, 15) is 9.59 Å². The predicted molar refractivity (Wildman–Crippen MR) is 132 cm³/mol. The molecule has 0 saturated heterocycles. The minimum Gasteiger partial charge on any atom is -0.332 e. The number of nitrogens with one attached hydrogen (secondary N) is 3. The molecule has 3 aromatic carbocycles. The van der Waals surface area contributed by atoms with Gasteiger partial charge < -0.3 is 10.6 Å². The zero-order valence-electron chi connectivity index (χ0n) is 17.6. The van der Waals surface area contributed by atoms with Crippen LogP contribution in [0.3, 0.4) is 0 Å². The third-order valence-electron chi connectivity index (χ3n) is 5.14. The van der Waals surface area contributed by atoms with Gasteiger partial charge in [-0.2, -0.15) is 5.10 Å². The Morgan fingerprint density at radius 2 is 1.58 bits per heavy atom. The number of carbonyl (C=O) groups excluding carboxylic acids is 1. The zero-order chi connectivity index (χ0) is 22.8. The van der Waals surface area contributed by atoms with E-state index in [2.05, 4.69) is 25.8 Å². The van der Waals surface area contributed by atoms with Gasteiger partial charge in [-0.25, -0.2) is 10.1 Å². The molecule has 0 aliphatic heterocycles. The van der Waals surface area contributed by atoms with Crippen LogP contribution in [0.5, 0.6) is 0 Å². The van der Waals surface area contributed by atoms with E-state index < -0.39 is 0 Å². The number of aromatic nitrogens is 3. The minimum absolute atomic E-state index is 0.216. The molecule has 0 aliphatic carbocycles. The second kappa shape index (κ2) is 8.68. The first kappa shape index (κ1) is 20.6. The van der Waals surface area contributed by atoms with Crippen molar-refractivity contribution in [1.82, 2.24) is 15.2 Å². The number of aromatic amines is 1. The summed E-state index contributed by atoms with van der Waals surface area (Å²) in [7, 11) is 0. The van der Waals surface area contributed by atoms with E-state index in [4.69, 9.17) is 0 Å². The van der Waals surface area contributed by atoms with E-state index in [-0.39, 0.29) is 11.5 Å². The predicted octanol–water partition coefficient (Wildman–Crippen LogP) is 5.35. The molecule has 2 aromatic heterocycles. The fourth-order valence-electron chi connectivity index (χ4n) is 3.54. The van der Waals surface area contributed by atoms with Crippen LogP contribution in [0.25, 0.3) is 22.0 Å². The monoisotopic (exact) mass is 453 g/mol. The summed E-state index contributed by atoms with van der Waals surface area (Å²) in [5, 5.41) is 14.9. The topological polar surface area (TPSA) is 99.8 Å². The second-order valence-electron chi connectivity index (χ2n) is 7.40. The third-order valence-corrected chi connectivity index (χ3v) is 6.21. The molecular weight excluding hydrogens is 434 g/mol. The summed E-state index contributed by atoms with van der Waals surface area (Å²) in [6.07, 6.45) is 0. The van der Waals surface area contributed by atoms with Crippen LogP contribution >= 0.6 is 11.3 Å². The number of nitrogens with zero attached hydrogens (tertiary/aromatic N) is 2. The highest BCUT2D eigenvalue weighted by Gasteiger charge is 2.16. The number of aryl methyl sites for hydroxylation is 1. The van der Waals surface area contributed by atoms with Gasteiger partial charge in [0.05, 0.1) is 16.8 Å². The summed E-state index contributed by atoms with van der Waals surface area (Å²) in [6.45, 7) is 1.82. The van der Waals surface area contributed by atoms with Crippen LogP contribution in [0.2, 0.25) is 0 Å². The van der Waals surface area contributed by atoms with Crippen molar-refractivity contribution in [2.45, 2.75) is 6.92 Å². The largest absolute Gasteiger partial charge is 0.332 e. The highest BCUT2D eigenvalue weighted by molar-refractivity contribution is 7.17. The van der Waals surface area contributed by atoms with Gasteiger partial charge in [0.2, 0.25) is 0 Å². The number of benzene rings is 3. The molecule has 8 heteroatoms. The summed E-state index contributed by atoms with van der Waals surface area (Å²) >= 11 is 1.31. The molecule has 0 unspecified atom stereocenters. The molecule has 7 nitrogen and oxygen atoms in total. The van der Waals surface area contributed by atoms with Gasteiger partial charge in [0.25, 0.3) is 11.5 Å².